The van der Waals surface area contributed by atoms with Gasteiger partial charge in [-0.15, -0.1) is 0 Å². The zero-order chi connectivity index (χ0) is 27.1. The zero-order valence-corrected chi connectivity index (χ0v) is 24.9. The number of unbranched alkanes of at least 4 members (excludes halogenated alkanes) is 14. The standard InChI is InChI=1S/C27H56NO7P/c1-6-7-8-9-10-11-12-13-14-15-16-17-18-19-20-21-27(29)33-24-26(32-5)25-35-36(30,31)34-23-22-28(2,3)4/h26H,6-25H2,1-5H3/t26-/m1/s1. The van der Waals surface area contributed by atoms with Crippen molar-refractivity contribution in [2.24, 2.45) is 0 Å². The highest BCUT2D eigenvalue weighted by Gasteiger charge is 2.18. The molecule has 8 nitrogen and oxygen atoms in total. The van der Waals surface area contributed by atoms with E-state index in [1.165, 1.54) is 84.2 Å². The number of carbonyl (C=O) groups excluding carboxylic acids is 1. The number of phosphoric ester groups is 1. The molecule has 1 unspecified atom stereocenters. The van der Waals surface area contributed by atoms with Gasteiger partial charge in [-0.2, -0.15) is 0 Å². The van der Waals surface area contributed by atoms with Crippen LogP contribution in [-0.2, 0) is 27.9 Å². The van der Waals surface area contributed by atoms with Crippen LogP contribution < -0.4 is 4.89 Å². The number of hydrogen-bond donors (Lipinski definition) is 0. The Balaban J connectivity index is 3.65. The van der Waals surface area contributed by atoms with E-state index >= 15 is 0 Å². The lowest BCUT2D eigenvalue weighted by Crippen LogP contribution is -2.37. The number of carbonyl (C=O) groups is 1. The van der Waals surface area contributed by atoms with Crippen molar-refractivity contribution < 1.29 is 37.3 Å². The third kappa shape index (κ3) is 25.2. The van der Waals surface area contributed by atoms with E-state index in [1.54, 1.807) is 0 Å². The molecule has 0 bridgehead atoms. The first kappa shape index (κ1) is 35.5. The van der Waals surface area contributed by atoms with Crippen LogP contribution in [0.2, 0.25) is 0 Å². The number of methoxy groups -OCH3 is 1. The van der Waals surface area contributed by atoms with Gasteiger partial charge in [0, 0.05) is 13.5 Å². The summed E-state index contributed by atoms with van der Waals surface area (Å²) in [6.07, 6.45) is 18.9. The molecule has 0 spiro atoms. The lowest BCUT2D eigenvalue weighted by Gasteiger charge is -2.28. The minimum Gasteiger partial charge on any atom is -0.756 e. The van der Waals surface area contributed by atoms with Crippen LogP contribution in [-0.4, -0.2) is 71.2 Å². The van der Waals surface area contributed by atoms with Crippen molar-refractivity contribution in [1.82, 2.24) is 0 Å². The number of hydrogen-bond acceptors (Lipinski definition) is 7. The molecular weight excluding hydrogens is 481 g/mol. The zero-order valence-electron chi connectivity index (χ0n) is 24.0. The molecule has 36 heavy (non-hydrogen) atoms. The molecule has 0 N–H and O–H groups in total. The molecule has 0 heterocycles. The minimum absolute atomic E-state index is 0.0379. The Hall–Kier alpha value is -0.500. The highest BCUT2D eigenvalue weighted by molar-refractivity contribution is 7.45. The van der Waals surface area contributed by atoms with Gasteiger partial charge < -0.3 is 27.9 Å². The van der Waals surface area contributed by atoms with Crippen molar-refractivity contribution in [3.05, 3.63) is 0 Å². The molecule has 0 rings (SSSR count). The van der Waals surface area contributed by atoms with E-state index in [2.05, 4.69) is 6.92 Å². The molecular formula is C27H56NO7P. The van der Waals surface area contributed by atoms with Crippen LogP contribution in [0.5, 0.6) is 0 Å². The summed E-state index contributed by atoms with van der Waals surface area (Å²) in [4.78, 5) is 23.8. The monoisotopic (exact) mass is 537 g/mol. The van der Waals surface area contributed by atoms with Crippen molar-refractivity contribution in [1.29, 1.82) is 0 Å². The molecule has 0 aliphatic heterocycles. The topological polar surface area (TPSA) is 94.1 Å². The molecule has 0 aliphatic carbocycles. The maximum atomic E-state index is 12.0. The van der Waals surface area contributed by atoms with Crippen molar-refractivity contribution in [3.8, 4) is 0 Å². The molecule has 0 aromatic rings. The maximum absolute atomic E-state index is 12.0. The van der Waals surface area contributed by atoms with E-state index in [1.807, 2.05) is 21.1 Å². The van der Waals surface area contributed by atoms with Gasteiger partial charge >= 0.3 is 5.97 Å². The van der Waals surface area contributed by atoms with E-state index in [-0.39, 0.29) is 25.8 Å². The van der Waals surface area contributed by atoms with Crippen LogP contribution >= 0.6 is 7.82 Å². The Kier molecular flexibility index (Phi) is 22.2. The Bertz CT molecular complexity index is 569. The molecule has 0 aromatic carbocycles. The summed E-state index contributed by atoms with van der Waals surface area (Å²) in [5, 5.41) is 0. The van der Waals surface area contributed by atoms with Gasteiger partial charge in [0.1, 0.15) is 25.9 Å². The number of esters is 1. The predicted octanol–water partition coefficient (Wildman–Crippen LogP) is 6.01. The molecule has 0 saturated carbocycles. The smallest absolute Gasteiger partial charge is 0.305 e. The molecule has 0 amide bonds. The van der Waals surface area contributed by atoms with E-state index in [0.29, 0.717) is 17.4 Å². The fourth-order valence-corrected chi connectivity index (χ4v) is 4.45. The van der Waals surface area contributed by atoms with Gasteiger partial charge in [0.2, 0.25) is 0 Å². The fraction of sp³-hybridized carbons (Fsp3) is 0.963. The normalized spacial score (nSPS) is 14.5. The Morgan fingerprint density at radius 2 is 1.25 bits per heavy atom. The summed E-state index contributed by atoms with van der Waals surface area (Å²) in [6.45, 7) is 2.52. The summed E-state index contributed by atoms with van der Waals surface area (Å²) in [5.74, 6) is -0.295. The summed E-state index contributed by atoms with van der Waals surface area (Å²) in [5.41, 5.74) is 0. The first-order chi connectivity index (χ1) is 17.1. The van der Waals surface area contributed by atoms with E-state index in [0.717, 1.165) is 19.3 Å². The summed E-state index contributed by atoms with van der Waals surface area (Å²) in [7, 11) is 2.82. The number of likely N-dealkylation sites (N-methyl/N-ethyl adjacent to an activating group) is 1. The van der Waals surface area contributed by atoms with E-state index in [9.17, 15) is 14.3 Å². The maximum Gasteiger partial charge on any atom is 0.305 e. The Morgan fingerprint density at radius 1 is 0.778 bits per heavy atom. The van der Waals surface area contributed by atoms with Gasteiger partial charge in [0.25, 0.3) is 7.82 Å². The third-order valence-corrected chi connectivity index (χ3v) is 7.14. The van der Waals surface area contributed by atoms with Gasteiger partial charge in [-0.3, -0.25) is 9.36 Å². The summed E-state index contributed by atoms with van der Waals surface area (Å²) < 4.78 is 32.6. The van der Waals surface area contributed by atoms with Crippen molar-refractivity contribution >= 4 is 13.8 Å². The number of phosphoric acid groups is 1. The average molecular weight is 538 g/mol. The van der Waals surface area contributed by atoms with Gasteiger partial charge in [0.05, 0.1) is 27.7 Å². The number of ether oxygens (including phenoxy) is 2. The van der Waals surface area contributed by atoms with Crippen LogP contribution in [0.25, 0.3) is 0 Å². The molecule has 0 saturated heterocycles. The molecule has 9 heteroatoms. The first-order valence-electron chi connectivity index (χ1n) is 14.2. The van der Waals surface area contributed by atoms with Crippen LogP contribution in [0.15, 0.2) is 0 Å². The molecule has 0 aromatic heterocycles. The fourth-order valence-electron chi connectivity index (χ4n) is 3.72. The van der Waals surface area contributed by atoms with Gasteiger partial charge in [-0.1, -0.05) is 96.8 Å². The van der Waals surface area contributed by atoms with Crippen LogP contribution in [0, 0.1) is 0 Å². The summed E-state index contributed by atoms with van der Waals surface area (Å²) in [6, 6.07) is 0. The second-order valence-electron chi connectivity index (χ2n) is 10.8. The van der Waals surface area contributed by atoms with Gasteiger partial charge in [-0.05, 0) is 6.42 Å². The molecule has 0 fully saturated rings. The molecule has 2 atom stereocenters. The van der Waals surface area contributed by atoms with E-state index < -0.39 is 13.9 Å². The Morgan fingerprint density at radius 3 is 1.69 bits per heavy atom. The molecule has 0 aliphatic rings. The van der Waals surface area contributed by atoms with Gasteiger partial charge in [0.15, 0.2) is 0 Å². The molecule has 0 radical (unpaired) electrons. The van der Waals surface area contributed by atoms with Crippen molar-refractivity contribution in [3.63, 3.8) is 0 Å². The van der Waals surface area contributed by atoms with Crippen molar-refractivity contribution in [2.75, 3.05) is 54.6 Å². The van der Waals surface area contributed by atoms with Crippen LogP contribution in [0.3, 0.4) is 0 Å². The Labute approximate surface area is 221 Å². The highest BCUT2D eigenvalue weighted by atomic mass is 31.2. The first-order valence-corrected chi connectivity index (χ1v) is 15.6. The second-order valence-corrected chi connectivity index (χ2v) is 12.2. The number of nitrogens with zero attached hydrogens (tertiary/aromatic N) is 1. The largest absolute Gasteiger partial charge is 0.756 e. The van der Waals surface area contributed by atoms with Gasteiger partial charge in [-0.25, -0.2) is 0 Å². The number of quaternary nitrogens is 1. The average Bonchev–Trinajstić information content (AvgIpc) is 2.80. The lowest BCUT2D eigenvalue weighted by atomic mass is 10.0. The SMILES string of the molecule is CCCCCCCCCCCCCCCCCC(=O)OC[C@H](COP(=O)([O-])OCC[N+](C)(C)C)OC. The highest BCUT2D eigenvalue weighted by Crippen LogP contribution is 2.38. The van der Waals surface area contributed by atoms with Crippen molar-refractivity contribution in [2.45, 2.75) is 116 Å². The molecule has 216 valence electrons. The minimum atomic E-state index is -4.42. The summed E-state index contributed by atoms with van der Waals surface area (Å²) >= 11 is 0. The second kappa shape index (κ2) is 22.5. The van der Waals surface area contributed by atoms with Crippen LogP contribution in [0.1, 0.15) is 110 Å². The van der Waals surface area contributed by atoms with E-state index in [4.69, 9.17) is 18.5 Å². The number of rotatable bonds is 26. The lowest BCUT2D eigenvalue weighted by molar-refractivity contribution is -0.870. The third-order valence-electron chi connectivity index (χ3n) is 6.18. The quantitative estimate of drug-likeness (QED) is 0.0577. The van der Waals surface area contributed by atoms with Crippen LogP contribution in [0.4, 0.5) is 0 Å². The predicted molar refractivity (Wildman–Crippen MR) is 144 cm³/mol.